The molecule has 0 heterocycles. The first-order chi connectivity index (χ1) is 8.47. The molecule has 0 spiro atoms. The second kappa shape index (κ2) is 6.97. The third-order valence-electron chi connectivity index (χ3n) is 1.88. The molecule has 1 aromatic carbocycles. The van der Waals surface area contributed by atoms with E-state index in [9.17, 15) is 18.0 Å². The number of carbonyl (C=O) groups is 1. The molecule has 0 saturated heterocycles. The third kappa shape index (κ3) is 6.87. The van der Waals surface area contributed by atoms with E-state index in [4.69, 9.17) is 4.84 Å². The largest absolute Gasteiger partial charge is 0.401 e. The lowest BCUT2D eigenvalue weighted by Crippen LogP contribution is -2.38. The molecule has 100 valence electrons. The van der Waals surface area contributed by atoms with Crippen LogP contribution in [0.15, 0.2) is 30.3 Å². The van der Waals surface area contributed by atoms with E-state index >= 15 is 0 Å². The van der Waals surface area contributed by atoms with Gasteiger partial charge in [-0.2, -0.15) is 13.2 Å². The fraction of sp³-hybridized carbons (Fsp3) is 0.364. The second-order valence-electron chi connectivity index (χ2n) is 3.52. The molecule has 0 fully saturated rings. The molecule has 0 radical (unpaired) electrons. The Morgan fingerprint density at radius 1 is 1.22 bits per heavy atom. The van der Waals surface area contributed by atoms with Gasteiger partial charge in [0, 0.05) is 0 Å². The highest BCUT2D eigenvalue weighted by atomic mass is 19.4. The van der Waals surface area contributed by atoms with Crippen LogP contribution in [-0.2, 0) is 16.2 Å². The van der Waals surface area contributed by atoms with Crippen LogP contribution in [0.3, 0.4) is 0 Å². The first-order valence-corrected chi connectivity index (χ1v) is 5.19. The molecule has 0 atom stereocenters. The molecule has 0 unspecified atom stereocenters. The number of benzene rings is 1. The second-order valence-corrected chi connectivity index (χ2v) is 3.52. The van der Waals surface area contributed by atoms with Gasteiger partial charge in [0.1, 0.15) is 0 Å². The molecular formula is C11H13F3N2O2. The van der Waals surface area contributed by atoms with Gasteiger partial charge in [-0.05, 0) is 5.56 Å². The zero-order valence-electron chi connectivity index (χ0n) is 9.46. The molecule has 0 aliphatic rings. The Morgan fingerprint density at radius 3 is 2.50 bits per heavy atom. The van der Waals surface area contributed by atoms with Crippen LogP contribution in [0.25, 0.3) is 0 Å². The van der Waals surface area contributed by atoms with E-state index in [0.717, 1.165) is 5.56 Å². The summed E-state index contributed by atoms with van der Waals surface area (Å²) >= 11 is 0. The van der Waals surface area contributed by atoms with Crippen molar-refractivity contribution < 1.29 is 22.8 Å². The van der Waals surface area contributed by atoms with Crippen molar-refractivity contribution in [3.05, 3.63) is 35.9 Å². The number of alkyl halides is 3. The molecule has 0 aromatic heterocycles. The summed E-state index contributed by atoms with van der Waals surface area (Å²) in [5.74, 6) is -0.657. The number of nitrogens with one attached hydrogen (secondary N) is 2. The third-order valence-corrected chi connectivity index (χ3v) is 1.88. The number of hydrogen-bond donors (Lipinski definition) is 2. The summed E-state index contributed by atoms with van der Waals surface area (Å²) in [4.78, 5) is 15.9. The molecule has 18 heavy (non-hydrogen) atoms. The summed E-state index contributed by atoms with van der Waals surface area (Å²) in [6.45, 7) is -1.50. The van der Waals surface area contributed by atoms with Crippen molar-refractivity contribution in [2.45, 2.75) is 12.8 Å². The van der Waals surface area contributed by atoms with Crippen molar-refractivity contribution in [3.63, 3.8) is 0 Å². The molecule has 4 nitrogen and oxygen atoms in total. The van der Waals surface area contributed by atoms with E-state index in [0.29, 0.717) is 0 Å². The van der Waals surface area contributed by atoms with Crippen molar-refractivity contribution in [1.82, 2.24) is 10.8 Å². The highest BCUT2D eigenvalue weighted by Crippen LogP contribution is 2.11. The molecule has 1 rings (SSSR count). The minimum absolute atomic E-state index is 0.159. The van der Waals surface area contributed by atoms with E-state index in [1.54, 1.807) is 12.1 Å². The van der Waals surface area contributed by atoms with Gasteiger partial charge >= 0.3 is 6.18 Å². The smallest absolute Gasteiger partial charge is 0.300 e. The lowest BCUT2D eigenvalue weighted by molar-refractivity contribution is -0.136. The van der Waals surface area contributed by atoms with Crippen molar-refractivity contribution in [2.24, 2.45) is 0 Å². The van der Waals surface area contributed by atoms with Crippen LogP contribution in [0.1, 0.15) is 5.56 Å². The van der Waals surface area contributed by atoms with Crippen molar-refractivity contribution in [3.8, 4) is 0 Å². The Labute approximate surface area is 102 Å². The fourth-order valence-corrected chi connectivity index (χ4v) is 1.13. The van der Waals surface area contributed by atoms with Crippen molar-refractivity contribution in [1.29, 1.82) is 0 Å². The van der Waals surface area contributed by atoms with Gasteiger partial charge in [-0.3, -0.25) is 9.63 Å². The number of rotatable bonds is 6. The Hall–Kier alpha value is -1.60. The highest BCUT2D eigenvalue weighted by molar-refractivity contribution is 5.76. The van der Waals surface area contributed by atoms with Crippen molar-refractivity contribution in [2.75, 3.05) is 13.1 Å². The maximum Gasteiger partial charge on any atom is 0.401 e. The first kappa shape index (κ1) is 14.5. The van der Waals surface area contributed by atoms with Gasteiger partial charge in [0.05, 0.1) is 19.7 Å². The summed E-state index contributed by atoms with van der Waals surface area (Å²) in [6.07, 6.45) is -4.33. The van der Waals surface area contributed by atoms with Crippen LogP contribution < -0.4 is 10.8 Å². The Morgan fingerprint density at radius 2 is 1.89 bits per heavy atom. The van der Waals surface area contributed by atoms with Crippen LogP contribution in [0, 0.1) is 0 Å². The lowest BCUT2D eigenvalue weighted by atomic mass is 10.2. The standard InChI is InChI=1S/C11H13F3N2O2/c12-11(13,14)8-15-6-10(17)16-18-7-9-4-2-1-3-5-9/h1-5,15H,6-8H2,(H,16,17). The Kier molecular flexibility index (Phi) is 5.60. The minimum atomic E-state index is -4.33. The maximum atomic E-state index is 11.8. The number of hydrogen-bond acceptors (Lipinski definition) is 3. The van der Waals surface area contributed by atoms with Gasteiger partial charge in [-0.1, -0.05) is 30.3 Å². The summed E-state index contributed by atoms with van der Waals surface area (Å²) in [5.41, 5.74) is 2.90. The van der Waals surface area contributed by atoms with Crippen LogP contribution in [0.2, 0.25) is 0 Å². The predicted octanol–water partition coefficient (Wildman–Crippen LogP) is 1.39. The molecular weight excluding hydrogens is 249 g/mol. The van der Waals surface area contributed by atoms with E-state index in [1.165, 1.54) is 0 Å². The molecule has 1 aromatic rings. The molecule has 7 heteroatoms. The topological polar surface area (TPSA) is 50.4 Å². The number of hydroxylamine groups is 1. The maximum absolute atomic E-state index is 11.8. The van der Waals surface area contributed by atoms with Crippen LogP contribution in [-0.4, -0.2) is 25.2 Å². The van der Waals surface area contributed by atoms with Gasteiger partial charge in [0.2, 0.25) is 0 Å². The average Bonchev–Trinajstić information content (AvgIpc) is 2.28. The zero-order chi connectivity index (χ0) is 13.4. The van der Waals surface area contributed by atoms with Crippen LogP contribution in [0.4, 0.5) is 13.2 Å². The quantitative estimate of drug-likeness (QED) is 0.762. The van der Waals surface area contributed by atoms with E-state index in [1.807, 2.05) is 29.0 Å². The minimum Gasteiger partial charge on any atom is -0.300 e. The number of amides is 1. The van der Waals surface area contributed by atoms with Crippen LogP contribution in [0.5, 0.6) is 0 Å². The molecule has 2 N–H and O–H groups in total. The van der Waals surface area contributed by atoms with E-state index in [-0.39, 0.29) is 6.61 Å². The normalized spacial score (nSPS) is 11.3. The number of carbonyl (C=O) groups excluding carboxylic acids is 1. The Balaban J connectivity index is 2.11. The molecule has 0 aliphatic heterocycles. The predicted molar refractivity (Wildman–Crippen MR) is 58.3 cm³/mol. The number of halogens is 3. The monoisotopic (exact) mass is 262 g/mol. The lowest BCUT2D eigenvalue weighted by Gasteiger charge is -2.08. The molecule has 0 bridgehead atoms. The highest BCUT2D eigenvalue weighted by Gasteiger charge is 2.26. The first-order valence-electron chi connectivity index (χ1n) is 5.19. The van der Waals surface area contributed by atoms with Crippen LogP contribution >= 0.6 is 0 Å². The fourth-order valence-electron chi connectivity index (χ4n) is 1.13. The van der Waals surface area contributed by atoms with Gasteiger partial charge in [0.15, 0.2) is 0 Å². The van der Waals surface area contributed by atoms with Gasteiger partial charge in [0.25, 0.3) is 5.91 Å². The Bertz CT molecular complexity index is 368. The van der Waals surface area contributed by atoms with E-state index in [2.05, 4.69) is 0 Å². The zero-order valence-corrected chi connectivity index (χ0v) is 9.46. The summed E-state index contributed by atoms with van der Waals surface area (Å²) in [6, 6.07) is 9.06. The van der Waals surface area contributed by atoms with Crippen molar-refractivity contribution >= 4 is 5.91 Å². The van der Waals surface area contributed by atoms with Gasteiger partial charge in [-0.25, -0.2) is 5.48 Å². The average molecular weight is 262 g/mol. The molecule has 0 aliphatic carbocycles. The SMILES string of the molecule is O=C(CNCC(F)(F)F)NOCc1ccccc1. The van der Waals surface area contributed by atoms with Gasteiger partial charge < -0.3 is 5.32 Å². The van der Waals surface area contributed by atoms with Gasteiger partial charge in [-0.15, -0.1) is 0 Å². The summed E-state index contributed by atoms with van der Waals surface area (Å²) < 4.78 is 35.3. The molecule has 1 amide bonds. The van der Waals surface area contributed by atoms with E-state index < -0.39 is 25.2 Å². The molecule has 0 saturated carbocycles. The summed E-state index contributed by atoms with van der Waals surface area (Å²) in [7, 11) is 0. The summed E-state index contributed by atoms with van der Waals surface area (Å²) in [5, 5.41) is 1.96.